The number of allylic oxidation sites excluding steroid dienone is 1. The fraction of sp³-hybridized carbons (Fsp3) is 0.846. The molecule has 2 saturated heterocycles. The highest BCUT2D eigenvalue weighted by atomic mass is 16.6. The van der Waals surface area contributed by atoms with Crippen molar-refractivity contribution in [3.63, 3.8) is 0 Å². The van der Waals surface area contributed by atoms with Crippen LogP contribution in [0.3, 0.4) is 0 Å². The molecule has 1 spiro atoms. The summed E-state index contributed by atoms with van der Waals surface area (Å²) in [6.07, 6.45) is 8.23. The number of carbonyl (C=O) groups is 2. The van der Waals surface area contributed by atoms with Crippen molar-refractivity contribution in [3.8, 4) is 0 Å². The molecular formula is C26H41NO7. The molecule has 2 heterocycles. The van der Waals surface area contributed by atoms with Gasteiger partial charge in [0.2, 0.25) is 0 Å². The second-order valence-corrected chi connectivity index (χ2v) is 10.9. The van der Waals surface area contributed by atoms with Crippen LogP contribution in [0.2, 0.25) is 0 Å². The Kier molecular flexibility index (Phi) is 7.60. The highest BCUT2D eigenvalue weighted by Gasteiger charge is 2.72. The summed E-state index contributed by atoms with van der Waals surface area (Å²) in [4.78, 5) is 25.4. The van der Waals surface area contributed by atoms with E-state index < -0.39 is 29.8 Å². The smallest absolute Gasteiger partial charge is 0.408 e. The number of nitrogens with one attached hydrogen (secondary N) is 1. The number of hydrogen-bond donors (Lipinski definition) is 1. The van der Waals surface area contributed by atoms with Crippen LogP contribution in [0.15, 0.2) is 11.6 Å². The number of amides is 1. The van der Waals surface area contributed by atoms with Crippen LogP contribution in [0.1, 0.15) is 72.1 Å². The first-order valence-corrected chi connectivity index (χ1v) is 12.8. The van der Waals surface area contributed by atoms with Crippen LogP contribution in [0.25, 0.3) is 0 Å². The molecule has 8 nitrogen and oxygen atoms in total. The van der Waals surface area contributed by atoms with Crippen LogP contribution in [0, 0.1) is 11.8 Å². The Hall–Kier alpha value is -1.64. The number of epoxide rings is 2. The van der Waals surface area contributed by atoms with E-state index in [0.29, 0.717) is 13.0 Å². The molecule has 7 atom stereocenters. The van der Waals surface area contributed by atoms with E-state index in [2.05, 4.69) is 32.2 Å². The van der Waals surface area contributed by atoms with E-state index in [1.165, 1.54) is 12.7 Å². The number of alkyl carbamates (subject to hydrolysis) is 1. The van der Waals surface area contributed by atoms with Crippen molar-refractivity contribution >= 4 is 12.1 Å². The van der Waals surface area contributed by atoms with Crippen LogP contribution in [0.4, 0.5) is 4.79 Å². The Morgan fingerprint density at radius 3 is 2.44 bits per heavy atom. The fourth-order valence-electron chi connectivity index (χ4n) is 6.33. The summed E-state index contributed by atoms with van der Waals surface area (Å²) >= 11 is 0. The molecule has 4 rings (SSSR count). The largest absolute Gasteiger partial charge is 0.467 e. The molecule has 0 radical (unpaired) electrons. The van der Waals surface area contributed by atoms with Gasteiger partial charge in [-0.25, -0.2) is 9.59 Å². The quantitative estimate of drug-likeness (QED) is 0.320. The van der Waals surface area contributed by atoms with Crippen molar-refractivity contribution < 1.29 is 33.3 Å². The Bertz CT molecular complexity index is 784. The molecule has 192 valence electrons. The zero-order valence-corrected chi connectivity index (χ0v) is 21.3. The standard InChI is InChI=1S/C26H41NO7/c1-16(2)11-12-19-25(3,34-19)22-21(30-4)18(13-14-26(22)15-32-26)33-24(29)27-20(23(28)31-5)17-9-7-6-8-10-17/h11,17-22H,6-10,12-15H2,1-5H3,(H,27,29)/t18-,19-,20-,21-,22-,25?,26+/m1/s1. The molecular weight excluding hydrogens is 438 g/mol. The second-order valence-electron chi connectivity index (χ2n) is 10.9. The second kappa shape index (κ2) is 10.2. The van der Waals surface area contributed by atoms with Crippen LogP contribution >= 0.6 is 0 Å². The molecule has 1 N–H and O–H groups in total. The number of ether oxygens (including phenoxy) is 5. The van der Waals surface area contributed by atoms with Gasteiger partial charge >= 0.3 is 12.1 Å². The summed E-state index contributed by atoms with van der Waals surface area (Å²) in [6.45, 7) is 6.97. The summed E-state index contributed by atoms with van der Waals surface area (Å²) in [7, 11) is 3.01. The van der Waals surface area contributed by atoms with E-state index in [4.69, 9.17) is 23.7 Å². The van der Waals surface area contributed by atoms with Crippen molar-refractivity contribution in [2.45, 2.75) is 108 Å². The molecule has 0 bridgehead atoms. The van der Waals surface area contributed by atoms with Gasteiger partial charge in [-0.15, -0.1) is 0 Å². The summed E-state index contributed by atoms with van der Waals surface area (Å²) < 4.78 is 29.0. The zero-order chi connectivity index (χ0) is 24.5. The third kappa shape index (κ3) is 5.14. The molecule has 0 aromatic rings. The van der Waals surface area contributed by atoms with Crippen LogP contribution in [-0.2, 0) is 28.5 Å². The normalized spacial score (nSPS) is 38.0. The molecule has 0 aromatic carbocycles. The SMILES string of the molecule is COC(=O)[C@H](NC(=O)O[C@@H]1CC[C@]2(CO2)[C@@H](C2(C)O[C@@H]2CC=C(C)C)[C@@H]1OC)C1CCCCC1. The van der Waals surface area contributed by atoms with Crippen molar-refractivity contribution in [2.75, 3.05) is 20.8 Å². The summed E-state index contributed by atoms with van der Waals surface area (Å²) in [5, 5.41) is 2.81. The van der Waals surface area contributed by atoms with Gasteiger partial charge in [0.15, 0.2) is 0 Å². The molecule has 34 heavy (non-hydrogen) atoms. The summed E-state index contributed by atoms with van der Waals surface area (Å²) in [5.41, 5.74) is 0.596. The van der Waals surface area contributed by atoms with Gasteiger partial charge in [-0.3, -0.25) is 0 Å². The van der Waals surface area contributed by atoms with Crippen molar-refractivity contribution in [1.29, 1.82) is 0 Å². The van der Waals surface area contributed by atoms with Crippen LogP contribution < -0.4 is 5.32 Å². The lowest BCUT2D eigenvalue weighted by atomic mass is 9.68. The predicted molar refractivity (Wildman–Crippen MR) is 125 cm³/mol. The molecule has 8 heteroatoms. The third-order valence-corrected chi connectivity index (χ3v) is 8.35. The maximum atomic E-state index is 13.0. The number of methoxy groups -OCH3 is 2. The lowest BCUT2D eigenvalue weighted by Crippen LogP contribution is -2.57. The molecule has 0 aromatic heterocycles. The maximum absolute atomic E-state index is 13.0. The highest BCUT2D eigenvalue weighted by Crippen LogP contribution is 2.59. The van der Waals surface area contributed by atoms with E-state index >= 15 is 0 Å². The fourth-order valence-corrected chi connectivity index (χ4v) is 6.33. The molecule has 4 aliphatic rings. The topological polar surface area (TPSA) is 98.9 Å². The first kappa shape index (κ1) is 25.5. The monoisotopic (exact) mass is 479 g/mol. The van der Waals surface area contributed by atoms with E-state index in [-0.39, 0.29) is 29.6 Å². The molecule has 2 saturated carbocycles. The van der Waals surface area contributed by atoms with Gasteiger partial charge in [0.25, 0.3) is 0 Å². The van der Waals surface area contributed by atoms with E-state index in [9.17, 15) is 9.59 Å². The van der Waals surface area contributed by atoms with E-state index in [0.717, 1.165) is 44.9 Å². The lowest BCUT2D eigenvalue weighted by Gasteiger charge is -2.42. The number of rotatable bonds is 8. The van der Waals surface area contributed by atoms with Gasteiger partial charge in [0, 0.05) is 7.11 Å². The third-order valence-electron chi connectivity index (χ3n) is 8.35. The Morgan fingerprint density at radius 2 is 1.85 bits per heavy atom. The Balaban J connectivity index is 1.44. The zero-order valence-electron chi connectivity index (χ0n) is 21.3. The minimum Gasteiger partial charge on any atom is -0.467 e. The van der Waals surface area contributed by atoms with Gasteiger partial charge in [-0.2, -0.15) is 0 Å². The van der Waals surface area contributed by atoms with Crippen LogP contribution in [0.5, 0.6) is 0 Å². The first-order chi connectivity index (χ1) is 16.2. The number of carbonyl (C=O) groups excluding carboxylic acids is 2. The molecule has 1 amide bonds. The Morgan fingerprint density at radius 1 is 1.15 bits per heavy atom. The Labute approximate surface area is 203 Å². The molecule has 2 aliphatic heterocycles. The number of hydrogen-bond acceptors (Lipinski definition) is 7. The molecule has 1 unspecified atom stereocenters. The minimum atomic E-state index is -0.686. The maximum Gasteiger partial charge on any atom is 0.408 e. The number of esters is 1. The van der Waals surface area contributed by atoms with Crippen LogP contribution in [-0.4, -0.2) is 68.4 Å². The van der Waals surface area contributed by atoms with E-state index in [1.807, 2.05) is 0 Å². The highest BCUT2D eigenvalue weighted by molar-refractivity contribution is 5.81. The average molecular weight is 480 g/mol. The van der Waals surface area contributed by atoms with Crippen molar-refractivity contribution in [2.24, 2.45) is 11.8 Å². The lowest BCUT2D eigenvalue weighted by molar-refractivity contribution is -0.145. The van der Waals surface area contributed by atoms with Crippen molar-refractivity contribution in [1.82, 2.24) is 5.32 Å². The van der Waals surface area contributed by atoms with Crippen molar-refractivity contribution in [3.05, 3.63) is 11.6 Å². The predicted octanol–water partition coefficient (Wildman–Crippen LogP) is 3.91. The molecule has 2 aliphatic carbocycles. The first-order valence-electron chi connectivity index (χ1n) is 12.8. The van der Waals surface area contributed by atoms with E-state index in [1.54, 1.807) is 7.11 Å². The van der Waals surface area contributed by atoms with Gasteiger partial charge < -0.3 is 29.0 Å². The van der Waals surface area contributed by atoms with Gasteiger partial charge in [0.1, 0.15) is 29.5 Å². The average Bonchev–Trinajstić information content (AvgIpc) is 3.74. The summed E-state index contributed by atoms with van der Waals surface area (Å²) in [6, 6.07) is -0.686. The van der Waals surface area contributed by atoms with Gasteiger partial charge in [0.05, 0.1) is 25.7 Å². The van der Waals surface area contributed by atoms with Gasteiger partial charge in [-0.05, 0) is 58.8 Å². The minimum absolute atomic E-state index is 0.0399. The molecule has 4 fully saturated rings. The van der Waals surface area contributed by atoms with Gasteiger partial charge in [-0.1, -0.05) is 30.9 Å². The summed E-state index contributed by atoms with van der Waals surface area (Å²) in [5.74, 6) is -0.384.